The fourth-order valence-electron chi connectivity index (χ4n) is 3.85. The lowest BCUT2D eigenvalue weighted by molar-refractivity contribution is -0.106. The van der Waals surface area contributed by atoms with Crippen LogP contribution in [-0.2, 0) is 17.7 Å². The molecule has 4 heteroatoms. The van der Waals surface area contributed by atoms with E-state index < -0.39 is 0 Å². The lowest BCUT2D eigenvalue weighted by atomic mass is 9.81. The monoisotopic (exact) mass is 280 g/mol. The minimum absolute atomic E-state index is 0.136. The molecule has 1 aromatic heterocycles. The second-order valence-electron chi connectivity index (χ2n) is 6.13. The van der Waals surface area contributed by atoms with Crippen molar-refractivity contribution in [2.75, 3.05) is 13.1 Å². The van der Waals surface area contributed by atoms with Gasteiger partial charge in [0.2, 0.25) is 0 Å². The van der Waals surface area contributed by atoms with Crippen LogP contribution in [0.25, 0.3) is 0 Å². The molecule has 0 spiro atoms. The van der Waals surface area contributed by atoms with Crippen molar-refractivity contribution in [3.63, 3.8) is 0 Å². The van der Waals surface area contributed by atoms with Crippen molar-refractivity contribution >= 4 is 11.3 Å². The highest BCUT2D eigenvalue weighted by atomic mass is 32.1. The van der Waals surface area contributed by atoms with E-state index in [0.717, 1.165) is 32.5 Å². The first-order valence-corrected chi connectivity index (χ1v) is 8.17. The van der Waals surface area contributed by atoms with Gasteiger partial charge in [-0.3, -0.25) is 4.90 Å². The van der Waals surface area contributed by atoms with Crippen LogP contribution in [0.4, 0.5) is 0 Å². The van der Waals surface area contributed by atoms with Gasteiger partial charge in [0.1, 0.15) is 0 Å². The molecular weight excluding hydrogens is 256 g/mol. The van der Waals surface area contributed by atoms with Crippen LogP contribution in [-0.4, -0.2) is 35.7 Å². The number of nitrogens with zero attached hydrogens (tertiary/aromatic N) is 1. The van der Waals surface area contributed by atoms with Crippen LogP contribution in [0, 0.1) is 0 Å². The molecule has 0 aliphatic carbocycles. The number of hydrogen-bond acceptors (Lipinski definition) is 4. The molecule has 19 heavy (non-hydrogen) atoms. The minimum atomic E-state index is 0.136. The lowest BCUT2D eigenvalue weighted by Crippen LogP contribution is -2.60. The van der Waals surface area contributed by atoms with Crippen molar-refractivity contribution in [2.24, 2.45) is 5.73 Å². The topological polar surface area (TPSA) is 38.5 Å². The molecule has 0 bridgehead atoms. The smallest absolute Gasteiger partial charge is 0.0568 e. The van der Waals surface area contributed by atoms with Crippen molar-refractivity contribution in [3.05, 3.63) is 21.9 Å². The molecule has 1 saturated heterocycles. The average molecular weight is 280 g/mol. The zero-order chi connectivity index (χ0) is 13.5. The molecule has 2 N–H and O–H groups in total. The van der Waals surface area contributed by atoms with Crippen LogP contribution < -0.4 is 5.73 Å². The van der Waals surface area contributed by atoms with Gasteiger partial charge in [0, 0.05) is 30.1 Å². The molecular formula is C15H24N2OS. The summed E-state index contributed by atoms with van der Waals surface area (Å²) in [5, 5.41) is 2.22. The Kier molecular flexibility index (Phi) is 3.69. The van der Waals surface area contributed by atoms with Crippen LogP contribution >= 0.6 is 11.3 Å². The zero-order valence-electron chi connectivity index (χ0n) is 11.9. The largest absolute Gasteiger partial charge is 0.375 e. The molecule has 0 aromatic carbocycles. The zero-order valence-corrected chi connectivity index (χ0v) is 12.7. The third-order valence-electron chi connectivity index (χ3n) is 4.66. The average Bonchev–Trinajstić information content (AvgIpc) is 2.84. The highest BCUT2D eigenvalue weighted by Crippen LogP contribution is 2.37. The van der Waals surface area contributed by atoms with E-state index in [1.165, 1.54) is 12.0 Å². The second-order valence-corrected chi connectivity index (χ2v) is 7.14. The van der Waals surface area contributed by atoms with Crippen molar-refractivity contribution in [2.45, 2.75) is 57.4 Å². The molecule has 2 atom stereocenters. The number of nitrogens with two attached hydrogens (primary N) is 1. The highest BCUT2D eigenvalue weighted by Gasteiger charge is 2.43. The molecule has 3 nitrogen and oxygen atoms in total. The number of ether oxygens (including phenoxy) is 1. The number of rotatable bonds is 2. The summed E-state index contributed by atoms with van der Waals surface area (Å²) in [4.78, 5) is 4.19. The normalized spacial score (nSPS) is 36.2. The van der Waals surface area contributed by atoms with Gasteiger partial charge in [-0.05, 0) is 50.1 Å². The molecule has 0 saturated carbocycles. The molecule has 1 aromatic rings. The van der Waals surface area contributed by atoms with E-state index in [1.807, 2.05) is 11.3 Å². The molecule has 3 heterocycles. The summed E-state index contributed by atoms with van der Waals surface area (Å²) in [6, 6.07) is 2.28. The van der Waals surface area contributed by atoms with Gasteiger partial charge in [-0.1, -0.05) is 0 Å². The summed E-state index contributed by atoms with van der Waals surface area (Å²) in [7, 11) is 0. The van der Waals surface area contributed by atoms with Gasteiger partial charge in [-0.2, -0.15) is 0 Å². The summed E-state index contributed by atoms with van der Waals surface area (Å²) in [6.45, 7) is 7.31. The first kappa shape index (κ1) is 13.6. The maximum absolute atomic E-state index is 6.19. The maximum Gasteiger partial charge on any atom is 0.0568 e. The first-order chi connectivity index (χ1) is 9.13. The van der Waals surface area contributed by atoms with Crippen molar-refractivity contribution in [3.8, 4) is 0 Å². The molecule has 0 radical (unpaired) electrons. The summed E-state index contributed by atoms with van der Waals surface area (Å²) in [5.74, 6) is 0. The number of thiophene rings is 1. The van der Waals surface area contributed by atoms with Crippen LogP contribution in [0.3, 0.4) is 0 Å². The summed E-state index contributed by atoms with van der Waals surface area (Å²) >= 11 is 1.90. The number of fused-ring (bicyclic) bond motifs is 1. The molecule has 0 amide bonds. The Morgan fingerprint density at radius 3 is 2.84 bits per heavy atom. The summed E-state index contributed by atoms with van der Waals surface area (Å²) < 4.78 is 5.91. The Morgan fingerprint density at radius 1 is 1.42 bits per heavy atom. The standard InChI is InChI=1S/C15H24N2OS/c1-11-7-15(10-16,8-12(2)18-11)17-5-3-14-13(9-17)4-6-19-14/h4,6,11-12H,3,5,7-10,16H2,1-2H3. The Hall–Kier alpha value is -0.420. The molecule has 2 aliphatic rings. The van der Waals surface area contributed by atoms with Crippen molar-refractivity contribution in [1.82, 2.24) is 4.90 Å². The lowest BCUT2D eigenvalue weighted by Gasteiger charge is -2.50. The fourth-order valence-corrected chi connectivity index (χ4v) is 4.74. The Balaban J connectivity index is 1.83. The van der Waals surface area contributed by atoms with Gasteiger partial charge in [-0.25, -0.2) is 0 Å². The molecule has 2 unspecified atom stereocenters. The SMILES string of the molecule is CC1CC(CN)(N2CCc3sccc3C2)CC(C)O1. The molecule has 1 fully saturated rings. The van der Waals surface area contributed by atoms with Gasteiger partial charge >= 0.3 is 0 Å². The van der Waals surface area contributed by atoms with E-state index in [1.54, 1.807) is 4.88 Å². The third-order valence-corrected chi connectivity index (χ3v) is 5.68. The Morgan fingerprint density at radius 2 is 2.16 bits per heavy atom. The van der Waals surface area contributed by atoms with E-state index >= 15 is 0 Å². The van der Waals surface area contributed by atoms with E-state index in [-0.39, 0.29) is 5.54 Å². The van der Waals surface area contributed by atoms with E-state index in [4.69, 9.17) is 10.5 Å². The van der Waals surface area contributed by atoms with Gasteiger partial charge in [0.15, 0.2) is 0 Å². The quantitative estimate of drug-likeness (QED) is 0.904. The highest BCUT2D eigenvalue weighted by molar-refractivity contribution is 7.10. The predicted octanol–water partition coefficient (Wildman–Crippen LogP) is 2.39. The van der Waals surface area contributed by atoms with Crippen molar-refractivity contribution in [1.29, 1.82) is 0 Å². The van der Waals surface area contributed by atoms with Crippen LogP contribution in [0.15, 0.2) is 11.4 Å². The van der Waals surface area contributed by atoms with Crippen LogP contribution in [0.1, 0.15) is 37.1 Å². The molecule has 3 rings (SSSR count). The Bertz CT molecular complexity index is 435. The molecule has 2 aliphatic heterocycles. The van der Waals surface area contributed by atoms with Crippen LogP contribution in [0.2, 0.25) is 0 Å². The fraction of sp³-hybridized carbons (Fsp3) is 0.733. The summed E-state index contributed by atoms with van der Waals surface area (Å²) in [6.07, 6.45) is 3.94. The first-order valence-electron chi connectivity index (χ1n) is 7.29. The maximum atomic E-state index is 6.19. The van der Waals surface area contributed by atoms with Crippen LogP contribution in [0.5, 0.6) is 0 Å². The van der Waals surface area contributed by atoms with Gasteiger partial charge in [0.05, 0.1) is 12.2 Å². The van der Waals surface area contributed by atoms with Gasteiger partial charge in [0.25, 0.3) is 0 Å². The predicted molar refractivity (Wildman–Crippen MR) is 79.5 cm³/mol. The summed E-state index contributed by atoms with van der Waals surface area (Å²) in [5.41, 5.74) is 7.84. The van der Waals surface area contributed by atoms with E-state index in [9.17, 15) is 0 Å². The Labute approximate surface area is 119 Å². The third kappa shape index (κ3) is 2.47. The number of hydrogen-bond donors (Lipinski definition) is 1. The minimum Gasteiger partial charge on any atom is -0.375 e. The van der Waals surface area contributed by atoms with Crippen molar-refractivity contribution < 1.29 is 4.74 Å². The second kappa shape index (κ2) is 5.17. The van der Waals surface area contributed by atoms with E-state index in [2.05, 4.69) is 30.2 Å². The van der Waals surface area contributed by atoms with E-state index in [0.29, 0.717) is 12.2 Å². The van der Waals surface area contributed by atoms with Gasteiger partial charge < -0.3 is 10.5 Å². The molecule has 106 valence electrons. The van der Waals surface area contributed by atoms with Gasteiger partial charge in [-0.15, -0.1) is 11.3 Å².